The zero-order valence-corrected chi connectivity index (χ0v) is 13.9. The number of nitro groups is 1. The Morgan fingerprint density at radius 1 is 1.38 bits per heavy atom. The van der Waals surface area contributed by atoms with E-state index in [0.29, 0.717) is 16.4 Å². The van der Waals surface area contributed by atoms with Crippen LogP contribution in [0, 0.1) is 10.1 Å². The molecule has 9 heteroatoms. The predicted molar refractivity (Wildman–Crippen MR) is 92.2 cm³/mol. The van der Waals surface area contributed by atoms with Crippen molar-refractivity contribution in [1.82, 2.24) is 4.98 Å². The van der Waals surface area contributed by atoms with E-state index in [1.165, 1.54) is 36.6 Å². The summed E-state index contributed by atoms with van der Waals surface area (Å²) in [5.74, 6) is -0.0693. The number of amides is 1. The molecule has 0 saturated heterocycles. The number of ether oxygens (including phenoxy) is 1. The minimum atomic E-state index is -0.651. The summed E-state index contributed by atoms with van der Waals surface area (Å²) in [6.07, 6.45) is 0. The van der Waals surface area contributed by atoms with E-state index in [1.807, 2.05) is 12.1 Å². The van der Waals surface area contributed by atoms with Crippen molar-refractivity contribution in [3.63, 3.8) is 0 Å². The molecule has 1 amide bonds. The summed E-state index contributed by atoms with van der Waals surface area (Å²) in [4.78, 5) is 27.1. The summed E-state index contributed by atoms with van der Waals surface area (Å²) in [5, 5.41) is 14.2. The Bertz CT molecular complexity index is 957. The molecule has 1 N–H and O–H groups in total. The van der Waals surface area contributed by atoms with Gasteiger partial charge in [-0.1, -0.05) is 29.0 Å². The van der Waals surface area contributed by atoms with Crippen molar-refractivity contribution >= 4 is 49.9 Å². The Labute approximate surface area is 145 Å². The van der Waals surface area contributed by atoms with Crippen LogP contribution in [0.1, 0.15) is 10.4 Å². The fourth-order valence-electron chi connectivity index (χ4n) is 2.16. The van der Waals surface area contributed by atoms with Gasteiger partial charge in [-0.05, 0) is 24.3 Å². The molecule has 0 aliphatic rings. The summed E-state index contributed by atoms with van der Waals surface area (Å²) in [6, 6.07) is 9.22. The van der Waals surface area contributed by atoms with E-state index in [2.05, 4.69) is 10.3 Å². The molecule has 7 nitrogen and oxygen atoms in total. The average molecular weight is 364 g/mol. The number of rotatable bonds is 4. The van der Waals surface area contributed by atoms with Crippen molar-refractivity contribution in [2.24, 2.45) is 0 Å². The van der Waals surface area contributed by atoms with E-state index >= 15 is 0 Å². The van der Waals surface area contributed by atoms with Crippen LogP contribution < -0.4 is 10.1 Å². The quantitative estimate of drug-likeness (QED) is 0.555. The fourth-order valence-corrected chi connectivity index (χ4v) is 3.21. The zero-order chi connectivity index (χ0) is 17.3. The summed E-state index contributed by atoms with van der Waals surface area (Å²) in [7, 11) is 1.53. The maximum Gasteiger partial charge on any atom is 0.282 e. The maximum atomic E-state index is 12.4. The van der Waals surface area contributed by atoms with Gasteiger partial charge < -0.3 is 4.74 Å². The van der Waals surface area contributed by atoms with E-state index < -0.39 is 10.8 Å². The topological polar surface area (TPSA) is 94.4 Å². The van der Waals surface area contributed by atoms with Crippen LogP contribution in [0.4, 0.5) is 10.8 Å². The number of nitrogens with one attached hydrogen (secondary N) is 1. The van der Waals surface area contributed by atoms with Gasteiger partial charge in [0.15, 0.2) is 5.13 Å². The third-order valence-electron chi connectivity index (χ3n) is 3.22. The molecule has 2 aromatic carbocycles. The molecule has 0 unspecified atom stereocenters. The number of hydrogen-bond donors (Lipinski definition) is 1. The van der Waals surface area contributed by atoms with Crippen LogP contribution in [0.3, 0.4) is 0 Å². The Morgan fingerprint density at radius 3 is 2.88 bits per heavy atom. The van der Waals surface area contributed by atoms with Gasteiger partial charge in [-0.2, -0.15) is 0 Å². The van der Waals surface area contributed by atoms with Gasteiger partial charge in [-0.25, -0.2) is 4.98 Å². The number of fused-ring (bicyclic) bond motifs is 1. The van der Waals surface area contributed by atoms with E-state index in [9.17, 15) is 14.9 Å². The molecule has 0 bridgehead atoms. The number of hydrogen-bond acceptors (Lipinski definition) is 6. The van der Waals surface area contributed by atoms with Crippen molar-refractivity contribution in [2.75, 3.05) is 12.4 Å². The first kappa shape index (κ1) is 16.2. The molecule has 3 aromatic rings. The number of carbonyl (C=O) groups excluding carboxylic acids is 1. The van der Waals surface area contributed by atoms with Gasteiger partial charge in [-0.15, -0.1) is 0 Å². The average Bonchev–Trinajstić information content (AvgIpc) is 2.96. The lowest BCUT2D eigenvalue weighted by molar-refractivity contribution is -0.385. The predicted octanol–water partition coefficient (Wildman–Crippen LogP) is 4.12. The van der Waals surface area contributed by atoms with E-state index in [1.54, 1.807) is 6.07 Å². The molecule has 24 heavy (non-hydrogen) atoms. The van der Waals surface area contributed by atoms with Gasteiger partial charge >= 0.3 is 0 Å². The number of halogens is 1. The Kier molecular flexibility index (Phi) is 4.32. The lowest BCUT2D eigenvalue weighted by Gasteiger charge is -2.03. The Hall–Kier alpha value is -2.71. The summed E-state index contributed by atoms with van der Waals surface area (Å²) in [6.45, 7) is 0. The van der Waals surface area contributed by atoms with Crippen molar-refractivity contribution in [3.05, 3.63) is 57.1 Å². The second kappa shape index (κ2) is 6.42. The highest BCUT2D eigenvalue weighted by molar-refractivity contribution is 7.22. The molecule has 0 aliphatic heterocycles. The summed E-state index contributed by atoms with van der Waals surface area (Å²) < 4.78 is 6.05. The van der Waals surface area contributed by atoms with Crippen molar-refractivity contribution in [1.29, 1.82) is 0 Å². The van der Waals surface area contributed by atoms with Crippen molar-refractivity contribution in [3.8, 4) is 5.75 Å². The van der Waals surface area contributed by atoms with Gasteiger partial charge in [-0.3, -0.25) is 20.2 Å². The summed E-state index contributed by atoms with van der Waals surface area (Å²) >= 11 is 7.08. The highest BCUT2D eigenvalue weighted by Gasteiger charge is 2.21. The SMILES string of the molecule is COc1cccc2sc(NC(=O)c3cc(Cl)ccc3[N+](=O)[O-])nc12. The molecule has 1 aromatic heterocycles. The Morgan fingerprint density at radius 2 is 2.17 bits per heavy atom. The minimum absolute atomic E-state index is 0.126. The van der Waals surface area contributed by atoms with Crippen LogP contribution in [-0.4, -0.2) is 22.9 Å². The molecule has 1 heterocycles. The Balaban J connectivity index is 1.96. The zero-order valence-electron chi connectivity index (χ0n) is 12.3. The first-order chi connectivity index (χ1) is 11.5. The number of benzene rings is 2. The van der Waals surface area contributed by atoms with Crippen molar-refractivity contribution < 1.29 is 14.5 Å². The van der Waals surface area contributed by atoms with Crippen LogP contribution >= 0.6 is 22.9 Å². The van der Waals surface area contributed by atoms with Gasteiger partial charge in [0.25, 0.3) is 11.6 Å². The fraction of sp³-hybridized carbons (Fsp3) is 0.0667. The van der Waals surface area contributed by atoms with Gasteiger partial charge in [0, 0.05) is 11.1 Å². The number of aromatic nitrogens is 1. The van der Waals surface area contributed by atoms with Gasteiger partial charge in [0.1, 0.15) is 16.8 Å². The normalized spacial score (nSPS) is 10.6. The number of thiazole rings is 1. The smallest absolute Gasteiger partial charge is 0.282 e. The van der Waals surface area contributed by atoms with Crippen LogP contribution in [0.2, 0.25) is 5.02 Å². The molecule has 0 spiro atoms. The van der Waals surface area contributed by atoms with Gasteiger partial charge in [0.2, 0.25) is 0 Å². The lowest BCUT2D eigenvalue weighted by atomic mass is 10.1. The molecular weight excluding hydrogens is 354 g/mol. The standard InChI is InChI=1S/C15H10ClN3O4S/c1-23-11-3-2-4-12-13(11)17-15(24-12)18-14(20)9-7-8(16)5-6-10(9)19(21)22/h2-7H,1H3,(H,17,18,20). The largest absolute Gasteiger partial charge is 0.494 e. The second-order valence-corrected chi connectivity index (χ2v) is 6.17. The van der Waals surface area contributed by atoms with E-state index in [4.69, 9.17) is 16.3 Å². The highest BCUT2D eigenvalue weighted by atomic mass is 35.5. The first-order valence-electron chi connectivity index (χ1n) is 6.68. The molecule has 122 valence electrons. The highest BCUT2D eigenvalue weighted by Crippen LogP contribution is 2.32. The third kappa shape index (κ3) is 3.01. The molecular formula is C15H10ClN3O4S. The van der Waals surface area contributed by atoms with Crippen LogP contribution in [-0.2, 0) is 0 Å². The van der Waals surface area contributed by atoms with Crippen LogP contribution in [0.15, 0.2) is 36.4 Å². The number of methoxy groups -OCH3 is 1. The number of carbonyl (C=O) groups is 1. The van der Waals surface area contributed by atoms with E-state index in [-0.39, 0.29) is 16.3 Å². The number of anilines is 1. The monoisotopic (exact) mass is 363 g/mol. The molecule has 3 rings (SSSR count). The second-order valence-electron chi connectivity index (χ2n) is 4.70. The van der Waals surface area contributed by atoms with E-state index in [0.717, 1.165) is 4.70 Å². The van der Waals surface area contributed by atoms with Crippen molar-refractivity contribution in [2.45, 2.75) is 0 Å². The molecule has 0 saturated carbocycles. The number of nitro benzene ring substituents is 1. The first-order valence-corrected chi connectivity index (χ1v) is 7.88. The molecule has 0 atom stereocenters. The molecule has 0 fully saturated rings. The minimum Gasteiger partial charge on any atom is -0.494 e. The summed E-state index contributed by atoms with van der Waals surface area (Å²) in [5.41, 5.74) is 0.162. The molecule has 0 radical (unpaired) electrons. The lowest BCUT2D eigenvalue weighted by Crippen LogP contribution is -2.13. The number of nitrogens with zero attached hydrogens (tertiary/aromatic N) is 2. The molecule has 0 aliphatic carbocycles. The maximum absolute atomic E-state index is 12.4. The third-order valence-corrected chi connectivity index (χ3v) is 4.39. The van der Waals surface area contributed by atoms with Gasteiger partial charge in [0.05, 0.1) is 16.7 Å². The van der Waals surface area contributed by atoms with Crippen LogP contribution in [0.5, 0.6) is 5.75 Å². The number of para-hydroxylation sites is 1. The van der Waals surface area contributed by atoms with Crippen LogP contribution in [0.25, 0.3) is 10.2 Å².